The Labute approximate surface area is 222 Å². The molecule has 196 valence electrons. The van der Waals surface area contributed by atoms with Gasteiger partial charge in [0.15, 0.2) is 0 Å². The first-order valence-corrected chi connectivity index (χ1v) is 14.4. The van der Waals surface area contributed by atoms with E-state index in [2.05, 4.69) is 95.0 Å². The van der Waals surface area contributed by atoms with Crippen LogP contribution in [-0.2, 0) is 0 Å². The molecule has 0 atom stereocenters. The molecule has 5 nitrogen and oxygen atoms in total. The van der Waals surface area contributed by atoms with Gasteiger partial charge in [0, 0.05) is 13.1 Å². The number of ether oxygens (including phenoxy) is 2. The predicted molar refractivity (Wildman–Crippen MR) is 153 cm³/mol. The maximum atomic E-state index is 5.90. The molecule has 0 radical (unpaired) electrons. The summed E-state index contributed by atoms with van der Waals surface area (Å²) < 4.78 is 13.6. The van der Waals surface area contributed by atoms with Crippen LogP contribution in [0.2, 0.25) is 0 Å². The Morgan fingerprint density at radius 1 is 0.545 bits per heavy atom. The van der Waals surface area contributed by atoms with E-state index in [-0.39, 0.29) is 0 Å². The van der Waals surface area contributed by atoms with Gasteiger partial charge in [-0.2, -0.15) is 0 Å². The fraction of sp³-hybridized carbons (Fsp3) is 0.769. The fourth-order valence-corrected chi connectivity index (χ4v) is 3.93. The molecule has 1 rings (SSSR count). The molecule has 7 heteroatoms. The summed E-state index contributed by atoms with van der Waals surface area (Å²) in [5.41, 5.74) is 0. The van der Waals surface area contributed by atoms with Crippen LogP contribution >= 0.6 is 31.9 Å². The quantitative estimate of drug-likeness (QED) is 0.217. The second-order valence-corrected chi connectivity index (χ2v) is 8.79. The van der Waals surface area contributed by atoms with Gasteiger partial charge in [-0.3, -0.25) is 0 Å². The third-order valence-corrected chi connectivity index (χ3v) is 6.69. The van der Waals surface area contributed by atoms with Crippen LogP contribution in [-0.4, -0.2) is 86.8 Å². The summed E-state index contributed by atoms with van der Waals surface area (Å²) in [7, 11) is 0. The molecule has 1 aromatic carbocycles. The second kappa shape index (κ2) is 23.4. The Hall–Kier alpha value is -0.340. The monoisotopic (exact) mass is 595 g/mol. The second-order valence-electron chi connectivity index (χ2n) is 7.08. The van der Waals surface area contributed by atoms with E-state index in [1.807, 2.05) is 26.0 Å². The molecule has 0 N–H and O–H groups in total. The summed E-state index contributed by atoms with van der Waals surface area (Å²) in [5, 5.41) is 0. The Kier molecular flexibility index (Phi) is 24.7. The zero-order chi connectivity index (χ0) is 25.6. The van der Waals surface area contributed by atoms with Crippen molar-refractivity contribution in [2.24, 2.45) is 0 Å². The Bertz CT molecular complexity index is 515. The molecular weight excluding hydrogens is 546 g/mol. The number of nitrogens with zero attached hydrogens (tertiary/aromatic N) is 3. The van der Waals surface area contributed by atoms with Crippen LogP contribution in [0, 0.1) is 0 Å². The van der Waals surface area contributed by atoms with E-state index in [1.165, 1.54) is 19.6 Å². The molecule has 0 aliphatic heterocycles. The van der Waals surface area contributed by atoms with Crippen molar-refractivity contribution in [1.82, 2.24) is 14.7 Å². The highest BCUT2D eigenvalue weighted by Gasteiger charge is 2.10. The topological polar surface area (TPSA) is 28.2 Å². The first-order chi connectivity index (χ1) is 15.9. The van der Waals surface area contributed by atoms with Crippen molar-refractivity contribution in [3.8, 4) is 11.5 Å². The molecule has 0 spiro atoms. The van der Waals surface area contributed by atoms with Crippen molar-refractivity contribution in [2.75, 3.05) is 72.1 Å². The van der Waals surface area contributed by atoms with E-state index < -0.39 is 0 Å². The van der Waals surface area contributed by atoms with Gasteiger partial charge in [-0.25, -0.2) is 0 Å². The highest BCUT2D eigenvalue weighted by Crippen LogP contribution is 2.36. The van der Waals surface area contributed by atoms with Crippen LogP contribution in [0.1, 0.15) is 62.3 Å². The van der Waals surface area contributed by atoms with E-state index >= 15 is 0 Å². The molecular formula is C26H51Br2N3O2. The van der Waals surface area contributed by atoms with Gasteiger partial charge in [0.25, 0.3) is 0 Å². The van der Waals surface area contributed by atoms with Crippen LogP contribution < -0.4 is 9.47 Å². The van der Waals surface area contributed by atoms with Crippen molar-refractivity contribution < 1.29 is 9.47 Å². The molecule has 0 aliphatic carbocycles. The Morgan fingerprint density at radius 3 is 1.03 bits per heavy atom. The maximum Gasteiger partial charge on any atom is 0.134 e. The molecule has 33 heavy (non-hydrogen) atoms. The smallest absolute Gasteiger partial charge is 0.134 e. The summed E-state index contributed by atoms with van der Waals surface area (Å²) in [6.07, 6.45) is 0. The number of hydrogen-bond donors (Lipinski definition) is 0. The molecule has 0 aliphatic rings. The summed E-state index contributed by atoms with van der Waals surface area (Å²) >= 11 is 7.16. The van der Waals surface area contributed by atoms with Crippen LogP contribution in [0.15, 0.2) is 21.1 Å². The minimum atomic E-state index is 0.675. The van der Waals surface area contributed by atoms with Gasteiger partial charge in [0.1, 0.15) is 24.7 Å². The third kappa shape index (κ3) is 16.0. The van der Waals surface area contributed by atoms with Gasteiger partial charge in [0.05, 0.1) is 8.95 Å². The van der Waals surface area contributed by atoms with E-state index in [1.54, 1.807) is 0 Å². The van der Waals surface area contributed by atoms with Crippen LogP contribution in [0.5, 0.6) is 11.5 Å². The lowest BCUT2D eigenvalue weighted by molar-refractivity contribution is 0.218. The van der Waals surface area contributed by atoms with Crippen molar-refractivity contribution in [3.05, 3.63) is 21.1 Å². The molecule has 0 heterocycles. The third-order valence-electron chi connectivity index (χ3n) is 5.45. The fourth-order valence-electron chi connectivity index (χ4n) is 3.05. The molecule has 0 unspecified atom stereocenters. The van der Waals surface area contributed by atoms with Crippen LogP contribution in [0.25, 0.3) is 0 Å². The number of halogens is 2. The molecule has 0 amide bonds. The molecule has 0 fully saturated rings. The first kappa shape index (κ1) is 34.8. The van der Waals surface area contributed by atoms with Crippen LogP contribution in [0.3, 0.4) is 0 Å². The Morgan fingerprint density at radius 2 is 0.818 bits per heavy atom. The molecule has 0 aromatic heterocycles. The van der Waals surface area contributed by atoms with Crippen LogP contribution in [0.4, 0.5) is 0 Å². The van der Waals surface area contributed by atoms with E-state index in [0.717, 1.165) is 59.7 Å². The average molecular weight is 598 g/mol. The van der Waals surface area contributed by atoms with E-state index in [0.29, 0.717) is 13.2 Å². The van der Waals surface area contributed by atoms with Crippen molar-refractivity contribution in [1.29, 1.82) is 0 Å². The predicted octanol–water partition coefficient (Wildman–Crippen LogP) is 7.03. The first-order valence-electron chi connectivity index (χ1n) is 12.8. The highest BCUT2D eigenvalue weighted by molar-refractivity contribution is 9.11. The lowest BCUT2D eigenvalue weighted by Gasteiger charge is -2.20. The van der Waals surface area contributed by atoms with Crippen molar-refractivity contribution in [3.63, 3.8) is 0 Å². The molecule has 0 saturated carbocycles. The van der Waals surface area contributed by atoms with Gasteiger partial charge in [0.2, 0.25) is 0 Å². The highest BCUT2D eigenvalue weighted by atomic mass is 79.9. The molecule has 1 aromatic rings. The minimum absolute atomic E-state index is 0.675. The number of hydrogen-bond acceptors (Lipinski definition) is 5. The van der Waals surface area contributed by atoms with Gasteiger partial charge in [-0.1, -0.05) is 62.3 Å². The van der Waals surface area contributed by atoms with Crippen molar-refractivity contribution >= 4 is 31.9 Å². The van der Waals surface area contributed by atoms with Gasteiger partial charge >= 0.3 is 0 Å². The van der Waals surface area contributed by atoms with Gasteiger partial charge < -0.3 is 24.2 Å². The zero-order valence-corrected chi connectivity index (χ0v) is 26.0. The summed E-state index contributed by atoms with van der Waals surface area (Å²) in [6, 6.07) is 3.94. The summed E-state index contributed by atoms with van der Waals surface area (Å²) in [5.74, 6) is 1.68. The van der Waals surface area contributed by atoms with Gasteiger partial charge in [-0.05, 0) is 89.8 Å². The summed E-state index contributed by atoms with van der Waals surface area (Å²) in [4.78, 5) is 7.06. The largest absolute Gasteiger partial charge is 0.491 e. The zero-order valence-electron chi connectivity index (χ0n) is 22.8. The molecule has 0 bridgehead atoms. The number of rotatable bonds is 15. The SMILES string of the molecule is CC.CCN(CC)CC.CCN(CC)CCOc1cc(Br)c(OCCN(CC)CC)cc1Br. The average Bonchev–Trinajstić information content (AvgIpc) is 2.85. The lowest BCUT2D eigenvalue weighted by Crippen LogP contribution is -2.28. The standard InChI is InChI=1S/C18H30Br2N2O2.C6H15N.C2H6/c1-5-21(6-2)9-11-23-17-13-16(20)18(14-15(17)19)24-12-10-22(7-3)8-4;1-4-7(5-2)6-3;1-2/h13-14H,5-12H2,1-4H3;4-6H2,1-3H3;1-2H3. The summed E-state index contributed by atoms with van der Waals surface area (Å²) in [6.45, 7) is 30.2. The minimum Gasteiger partial charge on any atom is -0.491 e. The number of likely N-dealkylation sites (N-methyl/N-ethyl adjacent to an activating group) is 2. The maximum absolute atomic E-state index is 5.90. The van der Waals surface area contributed by atoms with E-state index in [9.17, 15) is 0 Å². The lowest BCUT2D eigenvalue weighted by atomic mass is 10.3. The van der Waals surface area contributed by atoms with Gasteiger partial charge in [-0.15, -0.1) is 0 Å². The Balaban J connectivity index is 0. The van der Waals surface area contributed by atoms with E-state index in [4.69, 9.17) is 9.47 Å². The normalized spacial score (nSPS) is 10.6. The molecule has 0 saturated heterocycles. The van der Waals surface area contributed by atoms with Crippen molar-refractivity contribution in [2.45, 2.75) is 62.3 Å². The number of benzene rings is 1.